The number of benzene rings is 2. The van der Waals surface area contributed by atoms with Crippen LogP contribution >= 0.6 is 11.6 Å². The molecule has 0 aliphatic rings. The Morgan fingerprint density at radius 2 is 1.68 bits per heavy atom. The normalized spacial score (nSPS) is 11.9. The Morgan fingerprint density at radius 3 is 2.23 bits per heavy atom. The number of carboxylic acids is 1. The predicted molar refractivity (Wildman–Crippen MR) is 133 cm³/mol. The van der Waals surface area contributed by atoms with E-state index in [1.54, 1.807) is 49.5 Å². The standard InChI is InChI=1S/C24H20ClF2N3O3.C2HF3O2/c1-14-22(24(32)29-20(12-31)15-7-9-16(25)10-8-15)30-11-3-6-21(23(30)28-14)33-13-17-18(26)4-2-5-19(17)27;3-2(4,5)1(6)7/h2-11,20,31H,12-13H2,1H3,(H,29,32);(H,6,7). The second-order valence-electron chi connectivity index (χ2n) is 8.16. The number of aromatic nitrogens is 2. The number of nitrogens with one attached hydrogen (secondary N) is 1. The lowest BCUT2D eigenvalue weighted by Gasteiger charge is -2.17. The second kappa shape index (κ2) is 12.7. The molecule has 0 fully saturated rings. The van der Waals surface area contributed by atoms with Crippen molar-refractivity contribution in [3.8, 4) is 5.75 Å². The minimum absolute atomic E-state index is 0.200. The van der Waals surface area contributed by atoms with Crippen molar-refractivity contribution in [1.29, 1.82) is 0 Å². The number of pyridine rings is 1. The number of fused-ring (bicyclic) bond motifs is 1. The van der Waals surface area contributed by atoms with E-state index in [1.165, 1.54) is 10.5 Å². The molecule has 2 aromatic heterocycles. The van der Waals surface area contributed by atoms with Crippen molar-refractivity contribution in [3.05, 3.63) is 100.0 Å². The molecule has 0 aliphatic heterocycles. The van der Waals surface area contributed by atoms with Gasteiger partial charge in [-0.1, -0.05) is 29.8 Å². The van der Waals surface area contributed by atoms with E-state index in [0.717, 1.165) is 12.1 Å². The SMILES string of the molecule is Cc1nc2c(OCc3c(F)cccc3F)cccn2c1C(=O)NC(CO)c1ccc(Cl)cc1.O=C(O)C(F)(F)F. The third-order valence-corrected chi connectivity index (χ3v) is 5.69. The topological polar surface area (TPSA) is 113 Å². The zero-order chi connectivity index (χ0) is 29.6. The van der Waals surface area contributed by atoms with Gasteiger partial charge in [-0.2, -0.15) is 13.2 Å². The van der Waals surface area contributed by atoms with Gasteiger partial charge in [-0.15, -0.1) is 0 Å². The van der Waals surface area contributed by atoms with E-state index in [0.29, 0.717) is 21.9 Å². The van der Waals surface area contributed by atoms with Gasteiger partial charge in [0.2, 0.25) is 0 Å². The number of hydrogen-bond donors (Lipinski definition) is 3. The summed E-state index contributed by atoms with van der Waals surface area (Å²) in [6.07, 6.45) is -3.45. The molecular weight excluding hydrogens is 565 g/mol. The molecule has 0 saturated heterocycles. The Morgan fingerprint density at radius 1 is 1.07 bits per heavy atom. The fourth-order valence-corrected chi connectivity index (χ4v) is 3.64. The van der Waals surface area contributed by atoms with Crippen molar-refractivity contribution in [2.75, 3.05) is 6.61 Å². The van der Waals surface area contributed by atoms with Crippen LogP contribution in [0.5, 0.6) is 5.75 Å². The third kappa shape index (κ3) is 7.24. The van der Waals surface area contributed by atoms with Gasteiger partial charge in [-0.25, -0.2) is 18.6 Å². The molecule has 1 atom stereocenters. The van der Waals surface area contributed by atoms with Gasteiger partial charge in [0.05, 0.1) is 23.9 Å². The highest BCUT2D eigenvalue weighted by Crippen LogP contribution is 2.25. The molecule has 4 rings (SSSR count). The van der Waals surface area contributed by atoms with Gasteiger partial charge in [0.25, 0.3) is 5.91 Å². The van der Waals surface area contributed by atoms with Gasteiger partial charge >= 0.3 is 12.1 Å². The van der Waals surface area contributed by atoms with Gasteiger partial charge in [0.15, 0.2) is 11.4 Å². The average Bonchev–Trinajstić information content (AvgIpc) is 3.24. The molecule has 3 N–H and O–H groups in total. The first-order valence-electron chi connectivity index (χ1n) is 11.3. The Bertz CT molecular complexity index is 1490. The van der Waals surface area contributed by atoms with Crippen molar-refractivity contribution in [2.45, 2.75) is 25.7 Å². The van der Waals surface area contributed by atoms with Crippen molar-refractivity contribution in [1.82, 2.24) is 14.7 Å². The fourth-order valence-electron chi connectivity index (χ4n) is 3.52. The molecule has 2 heterocycles. The maximum atomic E-state index is 13.9. The van der Waals surface area contributed by atoms with Crippen molar-refractivity contribution >= 4 is 29.1 Å². The fraction of sp³-hybridized carbons (Fsp3) is 0.192. The van der Waals surface area contributed by atoms with Crippen LogP contribution < -0.4 is 10.1 Å². The number of carbonyl (C=O) groups excluding carboxylic acids is 1. The minimum atomic E-state index is -5.08. The summed E-state index contributed by atoms with van der Waals surface area (Å²) in [5.74, 6) is -4.37. The van der Waals surface area contributed by atoms with Crippen LogP contribution in [0.1, 0.15) is 33.4 Å². The summed E-state index contributed by atoms with van der Waals surface area (Å²) < 4.78 is 66.8. The van der Waals surface area contributed by atoms with E-state index >= 15 is 0 Å². The van der Waals surface area contributed by atoms with Crippen LogP contribution in [-0.2, 0) is 11.4 Å². The Labute approximate surface area is 228 Å². The van der Waals surface area contributed by atoms with Crippen LogP contribution in [0.3, 0.4) is 0 Å². The van der Waals surface area contributed by atoms with E-state index in [2.05, 4.69) is 10.3 Å². The number of hydrogen-bond acceptors (Lipinski definition) is 5. The molecule has 1 amide bonds. The molecule has 14 heteroatoms. The lowest BCUT2D eigenvalue weighted by Crippen LogP contribution is -2.32. The average molecular weight is 586 g/mol. The molecule has 1 unspecified atom stereocenters. The summed E-state index contributed by atoms with van der Waals surface area (Å²) in [5.41, 5.74) is 1.49. The number of nitrogens with zero attached hydrogens (tertiary/aromatic N) is 2. The van der Waals surface area contributed by atoms with Crippen LogP contribution in [0, 0.1) is 18.6 Å². The molecule has 0 spiro atoms. The molecular formula is C26H21ClF5N3O5. The molecule has 0 saturated carbocycles. The number of ether oxygens (including phenoxy) is 1. The number of carboxylic acid groups (broad SMARTS) is 1. The number of imidazole rings is 1. The Kier molecular flexibility index (Phi) is 9.66. The molecule has 40 heavy (non-hydrogen) atoms. The number of carbonyl (C=O) groups is 2. The van der Waals surface area contributed by atoms with Gasteiger partial charge in [-0.05, 0) is 48.9 Å². The van der Waals surface area contributed by atoms with E-state index in [9.17, 15) is 31.9 Å². The first kappa shape index (κ1) is 30.3. The smallest absolute Gasteiger partial charge is 0.485 e. The van der Waals surface area contributed by atoms with Gasteiger partial charge in [-0.3, -0.25) is 9.20 Å². The largest absolute Gasteiger partial charge is 0.490 e. The van der Waals surface area contributed by atoms with Gasteiger partial charge in [0.1, 0.15) is 23.9 Å². The van der Waals surface area contributed by atoms with E-state index in [1.807, 2.05) is 0 Å². The lowest BCUT2D eigenvalue weighted by molar-refractivity contribution is -0.192. The minimum Gasteiger partial charge on any atom is -0.485 e. The van der Waals surface area contributed by atoms with E-state index < -0.39 is 35.7 Å². The van der Waals surface area contributed by atoms with Crippen LogP contribution in [0.15, 0.2) is 60.8 Å². The summed E-state index contributed by atoms with van der Waals surface area (Å²) in [5, 5.41) is 20.3. The number of aliphatic hydroxyl groups is 1. The van der Waals surface area contributed by atoms with Crippen LogP contribution in [0.2, 0.25) is 5.02 Å². The van der Waals surface area contributed by atoms with Crippen LogP contribution in [0.25, 0.3) is 5.65 Å². The maximum Gasteiger partial charge on any atom is 0.490 e. The number of aryl methyl sites for hydroxylation is 1. The number of halogens is 6. The zero-order valence-corrected chi connectivity index (χ0v) is 21.3. The highest BCUT2D eigenvalue weighted by atomic mass is 35.5. The van der Waals surface area contributed by atoms with Crippen LogP contribution in [0.4, 0.5) is 22.0 Å². The highest BCUT2D eigenvalue weighted by molar-refractivity contribution is 6.30. The monoisotopic (exact) mass is 585 g/mol. The number of amides is 1. The second-order valence-corrected chi connectivity index (χ2v) is 8.60. The molecule has 212 valence electrons. The van der Waals surface area contributed by atoms with Gasteiger partial charge in [0, 0.05) is 11.2 Å². The summed E-state index contributed by atoms with van der Waals surface area (Å²) >= 11 is 5.91. The number of aliphatic carboxylic acids is 1. The molecule has 2 aromatic carbocycles. The predicted octanol–water partition coefficient (Wildman–Crippen LogP) is 5.25. The van der Waals surface area contributed by atoms with Crippen molar-refractivity contribution < 1.29 is 46.5 Å². The molecule has 0 aliphatic carbocycles. The van der Waals surface area contributed by atoms with E-state index in [-0.39, 0.29) is 30.2 Å². The highest BCUT2D eigenvalue weighted by Gasteiger charge is 2.38. The maximum absolute atomic E-state index is 13.9. The van der Waals surface area contributed by atoms with Crippen molar-refractivity contribution in [2.24, 2.45) is 0 Å². The Balaban J connectivity index is 0.000000559. The van der Waals surface area contributed by atoms with Gasteiger partial charge < -0.3 is 20.3 Å². The zero-order valence-electron chi connectivity index (χ0n) is 20.5. The number of aliphatic hydroxyl groups excluding tert-OH is 1. The molecule has 8 nitrogen and oxygen atoms in total. The molecule has 4 aromatic rings. The third-order valence-electron chi connectivity index (χ3n) is 5.44. The molecule has 0 radical (unpaired) electrons. The number of rotatable bonds is 7. The molecule has 0 bridgehead atoms. The summed E-state index contributed by atoms with van der Waals surface area (Å²) in [6, 6.07) is 13.0. The quantitative estimate of drug-likeness (QED) is 0.255. The first-order valence-corrected chi connectivity index (χ1v) is 11.7. The van der Waals surface area contributed by atoms with E-state index in [4.69, 9.17) is 26.2 Å². The Hall–Kier alpha value is -4.23. The van der Waals surface area contributed by atoms with Crippen LogP contribution in [-0.4, -0.2) is 44.3 Å². The summed E-state index contributed by atoms with van der Waals surface area (Å²) in [4.78, 5) is 26.4. The summed E-state index contributed by atoms with van der Waals surface area (Å²) in [6.45, 7) is 1.01. The number of alkyl halides is 3. The van der Waals surface area contributed by atoms with Crippen molar-refractivity contribution in [3.63, 3.8) is 0 Å². The first-order chi connectivity index (χ1) is 18.8. The lowest BCUT2D eigenvalue weighted by atomic mass is 10.1. The summed E-state index contributed by atoms with van der Waals surface area (Å²) in [7, 11) is 0.